The summed E-state index contributed by atoms with van der Waals surface area (Å²) >= 11 is 0. The number of carbonyl (C=O) groups excluding carboxylic acids is 2. The van der Waals surface area contributed by atoms with E-state index in [1.54, 1.807) is 33.9 Å². The first-order valence-corrected chi connectivity index (χ1v) is 9.90. The van der Waals surface area contributed by atoms with Crippen molar-refractivity contribution < 1.29 is 19.1 Å². The predicted octanol–water partition coefficient (Wildman–Crippen LogP) is 4.92. The van der Waals surface area contributed by atoms with Crippen molar-refractivity contribution in [2.45, 2.75) is 45.6 Å². The highest BCUT2D eigenvalue weighted by Gasteiger charge is 2.53. The molecular weight excluding hydrogens is 378 g/mol. The Balaban J connectivity index is 1.96. The maximum absolute atomic E-state index is 13.5. The number of carbonyl (C=O) groups is 2. The van der Waals surface area contributed by atoms with E-state index in [2.05, 4.69) is 11.8 Å². The van der Waals surface area contributed by atoms with Crippen LogP contribution in [0, 0.1) is 17.8 Å². The van der Waals surface area contributed by atoms with Crippen LogP contribution in [0.2, 0.25) is 0 Å². The highest BCUT2D eigenvalue weighted by atomic mass is 16.6. The normalized spacial score (nSPS) is 18.9. The molecule has 3 rings (SSSR count). The lowest BCUT2D eigenvalue weighted by Crippen LogP contribution is -2.46. The molecule has 5 heteroatoms. The van der Waals surface area contributed by atoms with Gasteiger partial charge in [0, 0.05) is 11.5 Å². The number of hydrogen-bond donors (Lipinski definition) is 0. The number of anilines is 1. The second-order valence-electron chi connectivity index (χ2n) is 8.56. The molecule has 0 unspecified atom stereocenters. The van der Waals surface area contributed by atoms with Crippen molar-refractivity contribution in [3.05, 3.63) is 59.7 Å². The van der Waals surface area contributed by atoms with E-state index in [4.69, 9.17) is 9.47 Å². The van der Waals surface area contributed by atoms with E-state index in [9.17, 15) is 9.59 Å². The van der Waals surface area contributed by atoms with Crippen molar-refractivity contribution in [1.29, 1.82) is 0 Å². The van der Waals surface area contributed by atoms with Crippen molar-refractivity contribution in [3.8, 4) is 17.6 Å². The van der Waals surface area contributed by atoms with E-state index in [1.807, 2.05) is 56.3 Å². The van der Waals surface area contributed by atoms with E-state index in [-0.39, 0.29) is 11.8 Å². The largest absolute Gasteiger partial charge is 0.497 e. The Morgan fingerprint density at radius 1 is 1.10 bits per heavy atom. The topological polar surface area (TPSA) is 55.8 Å². The number of imide groups is 1. The summed E-state index contributed by atoms with van der Waals surface area (Å²) in [7, 11) is 1.61. The fourth-order valence-electron chi connectivity index (χ4n) is 3.48. The number of para-hydroxylation sites is 1. The van der Waals surface area contributed by atoms with Crippen molar-refractivity contribution in [2.24, 2.45) is 5.92 Å². The zero-order chi connectivity index (χ0) is 22.1. The van der Waals surface area contributed by atoms with Gasteiger partial charge in [0.25, 0.3) is 0 Å². The van der Waals surface area contributed by atoms with Crippen molar-refractivity contribution in [2.75, 3.05) is 12.0 Å². The van der Waals surface area contributed by atoms with Crippen molar-refractivity contribution in [3.63, 3.8) is 0 Å². The third-order valence-corrected chi connectivity index (χ3v) is 5.32. The molecule has 1 heterocycles. The first-order valence-electron chi connectivity index (χ1n) is 9.90. The number of rotatable bonds is 2. The molecule has 0 saturated heterocycles. The summed E-state index contributed by atoms with van der Waals surface area (Å²) < 4.78 is 10.7. The highest BCUT2D eigenvalue weighted by Crippen LogP contribution is 2.46. The van der Waals surface area contributed by atoms with Crippen LogP contribution < -0.4 is 9.64 Å². The molecule has 0 fully saturated rings. The maximum Gasteiger partial charge on any atom is 0.421 e. The quantitative estimate of drug-likeness (QED) is 0.666. The van der Waals surface area contributed by atoms with Gasteiger partial charge in [-0.25, -0.2) is 9.69 Å². The van der Waals surface area contributed by atoms with Crippen molar-refractivity contribution in [1.82, 2.24) is 0 Å². The molecule has 0 spiro atoms. The Bertz CT molecular complexity index is 1020. The molecule has 2 atom stereocenters. The van der Waals surface area contributed by atoms with Gasteiger partial charge in [-0.05, 0) is 63.6 Å². The summed E-state index contributed by atoms with van der Waals surface area (Å²) in [5, 5.41) is 0. The number of fused-ring (bicyclic) bond motifs is 1. The zero-order valence-corrected chi connectivity index (χ0v) is 18.3. The summed E-state index contributed by atoms with van der Waals surface area (Å²) in [5.41, 5.74) is 0.488. The Morgan fingerprint density at radius 2 is 1.73 bits per heavy atom. The molecule has 1 aliphatic heterocycles. The van der Waals surface area contributed by atoms with Gasteiger partial charge in [0.15, 0.2) is 0 Å². The van der Waals surface area contributed by atoms with E-state index >= 15 is 0 Å². The lowest BCUT2D eigenvalue weighted by atomic mass is 9.73. The molecule has 0 N–H and O–H groups in total. The number of benzene rings is 2. The average Bonchev–Trinajstić information content (AvgIpc) is 2.93. The van der Waals surface area contributed by atoms with Gasteiger partial charge in [0.1, 0.15) is 11.4 Å². The second-order valence-corrected chi connectivity index (χ2v) is 8.56. The third-order valence-electron chi connectivity index (χ3n) is 5.32. The molecule has 2 aromatic rings. The molecule has 156 valence electrons. The Labute approximate surface area is 178 Å². The minimum Gasteiger partial charge on any atom is -0.497 e. The standard InChI is InChI=1S/C25H27NO4/c1-17(11-12-18-13-15-19(29-6)16-14-18)25(5)20-9-7-8-10-21(20)26(22(25)27)23(28)30-24(2,3)4/h7-10,13-17H,1-6H3/t17-,25+/m0/s1. The highest BCUT2D eigenvalue weighted by molar-refractivity contribution is 6.21. The molecule has 1 aliphatic rings. The van der Waals surface area contributed by atoms with E-state index in [0.29, 0.717) is 5.69 Å². The van der Waals surface area contributed by atoms with Gasteiger partial charge in [-0.1, -0.05) is 37.0 Å². The molecule has 0 bridgehead atoms. The van der Waals surface area contributed by atoms with Gasteiger partial charge in [-0.15, -0.1) is 0 Å². The zero-order valence-electron chi connectivity index (χ0n) is 18.3. The molecule has 2 amide bonds. The molecular formula is C25H27NO4. The summed E-state index contributed by atoms with van der Waals surface area (Å²) in [4.78, 5) is 27.5. The van der Waals surface area contributed by atoms with E-state index in [1.165, 1.54) is 0 Å². The molecule has 30 heavy (non-hydrogen) atoms. The molecule has 0 aromatic heterocycles. The van der Waals surface area contributed by atoms with Gasteiger partial charge < -0.3 is 9.47 Å². The second kappa shape index (κ2) is 7.87. The van der Waals surface area contributed by atoms with Gasteiger partial charge in [-0.2, -0.15) is 0 Å². The van der Waals surface area contributed by atoms with Crippen LogP contribution in [0.4, 0.5) is 10.5 Å². The van der Waals surface area contributed by atoms with Crippen LogP contribution in [-0.2, 0) is 14.9 Å². The third kappa shape index (κ3) is 3.91. The smallest absolute Gasteiger partial charge is 0.421 e. The first-order chi connectivity index (χ1) is 14.1. The van der Waals surface area contributed by atoms with E-state index in [0.717, 1.165) is 21.8 Å². The van der Waals surface area contributed by atoms with Gasteiger partial charge in [-0.3, -0.25) is 4.79 Å². The average molecular weight is 405 g/mol. The van der Waals surface area contributed by atoms with Crippen LogP contribution in [0.3, 0.4) is 0 Å². The monoisotopic (exact) mass is 405 g/mol. The molecule has 0 aliphatic carbocycles. The Hall–Kier alpha value is -3.26. The summed E-state index contributed by atoms with van der Waals surface area (Å²) in [5.74, 6) is 6.45. The first kappa shape index (κ1) is 21.4. The summed E-state index contributed by atoms with van der Waals surface area (Å²) in [6.07, 6.45) is -0.668. The number of hydrogen-bond acceptors (Lipinski definition) is 4. The van der Waals surface area contributed by atoms with Crippen LogP contribution in [-0.4, -0.2) is 24.7 Å². The number of nitrogens with zero attached hydrogens (tertiary/aromatic N) is 1. The number of ether oxygens (including phenoxy) is 2. The lowest BCUT2D eigenvalue weighted by molar-refractivity contribution is -0.123. The minimum atomic E-state index is -0.965. The Morgan fingerprint density at radius 3 is 2.33 bits per heavy atom. The molecule has 0 saturated carbocycles. The van der Waals surface area contributed by atoms with Crippen LogP contribution in [0.1, 0.15) is 45.7 Å². The van der Waals surface area contributed by atoms with Crippen LogP contribution in [0.15, 0.2) is 48.5 Å². The molecule has 2 aromatic carbocycles. The van der Waals surface area contributed by atoms with Crippen molar-refractivity contribution >= 4 is 17.7 Å². The lowest BCUT2D eigenvalue weighted by Gasteiger charge is -2.28. The van der Waals surface area contributed by atoms with Crippen LogP contribution in [0.25, 0.3) is 0 Å². The van der Waals surface area contributed by atoms with E-state index < -0.39 is 17.1 Å². The number of amides is 2. The fraction of sp³-hybridized carbons (Fsp3) is 0.360. The van der Waals surface area contributed by atoms with Crippen LogP contribution in [0.5, 0.6) is 5.75 Å². The van der Waals surface area contributed by atoms with Crippen LogP contribution >= 0.6 is 0 Å². The van der Waals surface area contributed by atoms with Gasteiger partial charge in [0.2, 0.25) is 5.91 Å². The summed E-state index contributed by atoms with van der Waals surface area (Å²) in [6.45, 7) is 9.08. The maximum atomic E-state index is 13.5. The number of methoxy groups -OCH3 is 1. The fourth-order valence-corrected chi connectivity index (χ4v) is 3.48. The van der Waals surface area contributed by atoms with Gasteiger partial charge >= 0.3 is 6.09 Å². The SMILES string of the molecule is COc1ccc(C#C[C@H](C)[C@@]2(C)C(=O)N(C(=O)OC(C)(C)C)c3ccccc32)cc1. The van der Waals surface area contributed by atoms with Gasteiger partial charge in [0.05, 0.1) is 18.2 Å². The molecule has 5 nitrogen and oxygen atoms in total. The molecule has 0 radical (unpaired) electrons. The minimum absolute atomic E-state index is 0.325. The predicted molar refractivity (Wildman–Crippen MR) is 117 cm³/mol. The Kier molecular flexibility index (Phi) is 5.63. The summed E-state index contributed by atoms with van der Waals surface area (Å²) in [6, 6.07) is 14.8.